The SMILES string of the molecule is CCCCNC(=O)[C@@H](CC)N(CCc1ccccc1)C(=O)Cc1cc(C)ccc1C. The van der Waals surface area contributed by atoms with E-state index in [-0.39, 0.29) is 11.8 Å². The van der Waals surface area contributed by atoms with E-state index in [4.69, 9.17) is 0 Å². The van der Waals surface area contributed by atoms with Crippen LogP contribution in [0.15, 0.2) is 48.5 Å². The number of carbonyl (C=O) groups excluding carboxylic acids is 2. The smallest absolute Gasteiger partial charge is 0.242 e. The van der Waals surface area contributed by atoms with E-state index >= 15 is 0 Å². The Morgan fingerprint density at radius 3 is 2.43 bits per heavy atom. The van der Waals surface area contributed by atoms with Crippen LogP contribution in [-0.2, 0) is 22.4 Å². The fourth-order valence-electron chi connectivity index (χ4n) is 3.66. The fraction of sp³-hybridized carbons (Fsp3) is 0.462. The highest BCUT2D eigenvalue weighted by Gasteiger charge is 2.28. The summed E-state index contributed by atoms with van der Waals surface area (Å²) in [7, 11) is 0. The lowest BCUT2D eigenvalue weighted by atomic mass is 10.0. The van der Waals surface area contributed by atoms with Crippen LogP contribution in [0, 0.1) is 13.8 Å². The lowest BCUT2D eigenvalue weighted by Crippen LogP contribution is -2.50. The fourth-order valence-corrected chi connectivity index (χ4v) is 3.66. The molecule has 0 fully saturated rings. The van der Waals surface area contributed by atoms with Gasteiger partial charge in [0.2, 0.25) is 11.8 Å². The van der Waals surface area contributed by atoms with Crippen molar-refractivity contribution < 1.29 is 9.59 Å². The first-order chi connectivity index (χ1) is 14.5. The molecule has 2 aromatic carbocycles. The number of unbranched alkanes of at least 4 members (excludes halogenated alkanes) is 1. The van der Waals surface area contributed by atoms with Gasteiger partial charge in [-0.3, -0.25) is 9.59 Å². The molecule has 162 valence electrons. The van der Waals surface area contributed by atoms with Crippen molar-refractivity contribution in [2.75, 3.05) is 13.1 Å². The van der Waals surface area contributed by atoms with Gasteiger partial charge in [-0.05, 0) is 49.8 Å². The van der Waals surface area contributed by atoms with Crippen LogP contribution >= 0.6 is 0 Å². The number of rotatable bonds is 11. The molecule has 0 bridgehead atoms. The molecule has 2 rings (SSSR count). The normalized spacial score (nSPS) is 11.7. The molecule has 0 saturated carbocycles. The lowest BCUT2D eigenvalue weighted by molar-refractivity contribution is -0.140. The van der Waals surface area contributed by atoms with Gasteiger partial charge in [0.05, 0.1) is 6.42 Å². The number of carbonyl (C=O) groups is 2. The number of amides is 2. The van der Waals surface area contributed by atoms with Gasteiger partial charge >= 0.3 is 0 Å². The first-order valence-corrected chi connectivity index (χ1v) is 11.1. The number of hydrogen-bond donors (Lipinski definition) is 1. The average Bonchev–Trinajstić information content (AvgIpc) is 2.74. The van der Waals surface area contributed by atoms with Crippen molar-refractivity contribution in [2.24, 2.45) is 0 Å². The molecule has 0 radical (unpaired) electrons. The molecule has 0 spiro atoms. The summed E-state index contributed by atoms with van der Waals surface area (Å²) in [6.07, 6.45) is 3.63. The predicted molar refractivity (Wildman–Crippen MR) is 123 cm³/mol. The van der Waals surface area contributed by atoms with E-state index < -0.39 is 6.04 Å². The first kappa shape index (κ1) is 23.7. The van der Waals surface area contributed by atoms with E-state index in [9.17, 15) is 9.59 Å². The molecular weight excluding hydrogens is 372 g/mol. The minimum absolute atomic E-state index is 0.0112. The second kappa shape index (κ2) is 12.2. The first-order valence-electron chi connectivity index (χ1n) is 11.1. The van der Waals surface area contributed by atoms with Crippen LogP contribution in [0.1, 0.15) is 55.4 Å². The Labute approximate surface area is 181 Å². The zero-order valence-electron chi connectivity index (χ0n) is 18.9. The van der Waals surface area contributed by atoms with E-state index in [0.717, 1.165) is 36.0 Å². The minimum Gasteiger partial charge on any atom is -0.354 e. The van der Waals surface area contributed by atoms with Crippen molar-refractivity contribution in [1.29, 1.82) is 0 Å². The summed E-state index contributed by atoms with van der Waals surface area (Å²) < 4.78 is 0. The molecule has 2 amide bonds. The van der Waals surface area contributed by atoms with Gasteiger partial charge < -0.3 is 10.2 Å². The molecule has 2 aromatic rings. The highest BCUT2D eigenvalue weighted by atomic mass is 16.2. The second-order valence-corrected chi connectivity index (χ2v) is 8.00. The summed E-state index contributed by atoms with van der Waals surface area (Å²) in [6.45, 7) is 9.34. The second-order valence-electron chi connectivity index (χ2n) is 8.00. The summed E-state index contributed by atoms with van der Waals surface area (Å²) in [5.41, 5.74) is 4.45. The topological polar surface area (TPSA) is 49.4 Å². The molecule has 0 unspecified atom stereocenters. The Morgan fingerprint density at radius 1 is 1.03 bits per heavy atom. The third-order valence-corrected chi connectivity index (χ3v) is 5.55. The molecule has 0 saturated heterocycles. The van der Waals surface area contributed by atoms with E-state index in [2.05, 4.69) is 42.6 Å². The number of aryl methyl sites for hydroxylation is 2. The number of benzene rings is 2. The van der Waals surface area contributed by atoms with E-state index in [1.807, 2.05) is 39.0 Å². The van der Waals surface area contributed by atoms with Gasteiger partial charge in [0, 0.05) is 13.1 Å². The van der Waals surface area contributed by atoms with Gasteiger partial charge in [-0.1, -0.05) is 74.4 Å². The quantitative estimate of drug-likeness (QED) is 0.552. The molecule has 0 heterocycles. The Morgan fingerprint density at radius 2 is 1.77 bits per heavy atom. The standard InChI is InChI=1S/C26H36N2O2/c1-5-7-16-27-26(30)24(6-2)28(17-15-22-11-9-8-10-12-22)25(29)19-23-18-20(3)13-14-21(23)4/h8-14,18,24H,5-7,15-17,19H2,1-4H3,(H,27,30)/t24-/m1/s1. The zero-order chi connectivity index (χ0) is 21.9. The maximum absolute atomic E-state index is 13.4. The van der Waals surface area contributed by atoms with Crippen LogP contribution in [0.3, 0.4) is 0 Å². The highest BCUT2D eigenvalue weighted by molar-refractivity contribution is 5.88. The summed E-state index contributed by atoms with van der Waals surface area (Å²) in [4.78, 5) is 28.0. The molecule has 0 aliphatic carbocycles. The number of nitrogens with one attached hydrogen (secondary N) is 1. The van der Waals surface area contributed by atoms with Crippen molar-refractivity contribution in [3.8, 4) is 0 Å². The monoisotopic (exact) mass is 408 g/mol. The van der Waals surface area contributed by atoms with E-state index in [1.165, 1.54) is 5.56 Å². The van der Waals surface area contributed by atoms with Crippen LogP contribution in [0.5, 0.6) is 0 Å². The summed E-state index contributed by atoms with van der Waals surface area (Å²) in [6, 6.07) is 15.9. The average molecular weight is 409 g/mol. The van der Waals surface area contributed by atoms with Gasteiger partial charge in [-0.15, -0.1) is 0 Å². The highest BCUT2D eigenvalue weighted by Crippen LogP contribution is 2.16. The maximum Gasteiger partial charge on any atom is 0.242 e. The predicted octanol–water partition coefficient (Wildman–Crippen LogP) is 4.61. The molecule has 0 aliphatic heterocycles. The zero-order valence-corrected chi connectivity index (χ0v) is 18.9. The molecule has 30 heavy (non-hydrogen) atoms. The van der Waals surface area contributed by atoms with Crippen molar-refractivity contribution >= 4 is 11.8 Å². The van der Waals surface area contributed by atoms with Crippen LogP contribution in [0.25, 0.3) is 0 Å². The lowest BCUT2D eigenvalue weighted by Gasteiger charge is -2.31. The van der Waals surface area contributed by atoms with Crippen molar-refractivity contribution in [3.05, 3.63) is 70.8 Å². The van der Waals surface area contributed by atoms with Gasteiger partial charge in [-0.25, -0.2) is 0 Å². The molecule has 4 heteroatoms. The summed E-state index contributed by atoms with van der Waals surface area (Å²) in [5.74, 6) is -0.0366. The van der Waals surface area contributed by atoms with E-state index in [1.54, 1.807) is 4.90 Å². The molecule has 0 aliphatic rings. The third-order valence-electron chi connectivity index (χ3n) is 5.55. The van der Waals surface area contributed by atoms with Gasteiger partial charge in [0.1, 0.15) is 6.04 Å². The van der Waals surface area contributed by atoms with Crippen molar-refractivity contribution in [3.63, 3.8) is 0 Å². The molecule has 0 aromatic heterocycles. The van der Waals surface area contributed by atoms with Crippen LogP contribution in [-0.4, -0.2) is 35.8 Å². The van der Waals surface area contributed by atoms with Crippen LogP contribution in [0.2, 0.25) is 0 Å². The Kier molecular flexibility index (Phi) is 9.59. The molecular formula is C26H36N2O2. The maximum atomic E-state index is 13.4. The number of nitrogens with zero attached hydrogens (tertiary/aromatic N) is 1. The van der Waals surface area contributed by atoms with Crippen LogP contribution in [0.4, 0.5) is 0 Å². The van der Waals surface area contributed by atoms with Gasteiger partial charge in [0.25, 0.3) is 0 Å². The minimum atomic E-state index is -0.441. The summed E-state index contributed by atoms with van der Waals surface area (Å²) >= 11 is 0. The van der Waals surface area contributed by atoms with Crippen molar-refractivity contribution in [1.82, 2.24) is 10.2 Å². The van der Waals surface area contributed by atoms with Crippen molar-refractivity contribution in [2.45, 2.75) is 65.8 Å². The molecule has 4 nitrogen and oxygen atoms in total. The summed E-state index contributed by atoms with van der Waals surface area (Å²) in [5, 5.41) is 3.02. The largest absolute Gasteiger partial charge is 0.354 e. The molecule has 1 atom stereocenters. The van der Waals surface area contributed by atoms with Gasteiger partial charge in [0.15, 0.2) is 0 Å². The Bertz CT molecular complexity index is 817. The number of hydrogen-bond acceptors (Lipinski definition) is 2. The van der Waals surface area contributed by atoms with E-state index in [0.29, 0.717) is 25.9 Å². The Balaban J connectivity index is 2.20. The molecule has 1 N–H and O–H groups in total. The Hall–Kier alpha value is -2.62. The van der Waals surface area contributed by atoms with Crippen LogP contribution < -0.4 is 5.32 Å². The third kappa shape index (κ3) is 7.01. The van der Waals surface area contributed by atoms with Gasteiger partial charge in [-0.2, -0.15) is 0 Å².